The fraction of sp³-hybridized carbons (Fsp3) is 0.500. The molecule has 1 rings (SSSR count). The molecule has 5 nitrogen and oxygen atoms in total. The minimum Gasteiger partial charge on any atom is -0.384 e. The Bertz CT molecular complexity index is 253. The minimum atomic E-state index is 0.449. The molecule has 0 unspecified atom stereocenters. The van der Waals surface area contributed by atoms with Crippen LogP contribution in [0.15, 0.2) is 6.07 Å². The molecular formula is C8H14N4O. The third kappa shape index (κ3) is 2.96. The second kappa shape index (κ2) is 4.74. The lowest BCUT2D eigenvalue weighted by atomic mass is 10.3. The summed E-state index contributed by atoms with van der Waals surface area (Å²) in [5.74, 6) is 1.14. The summed E-state index contributed by atoms with van der Waals surface area (Å²) in [6, 6.07) is 1.70. The van der Waals surface area contributed by atoms with Gasteiger partial charge in [-0.05, 0) is 6.54 Å². The van der Waals surface area contributed by atoms with E-state index < -0.39 is 0 Å². The summed E-state index contributed by atoms with van der Waals surface area (Å²) in [6.07, 6.45) is 0.641. The lowest BCUT2D eigenvalue weighted by Crippen LogP contribution is -2.09. The normalized spacial score (nSPS) is 10.3. The highest BCUT2D eigenvalue weighted by molar-refractivity contribution is 5.29. The molecule has 72 valence electrons. The zero-order valence-corrected chi connectivity index (χ0v) is 7.66. The Morgan fingerprint density at radius 1 is 1.46 bits per heavy atom. The van der Waals surface area contributed by atoms with Crippen LogP contribution in [0, 0.1) is 0 Å². The van der Waals surface area contributed by atoms with Crippen molar-refractivity contribution < 1.29 is 4.74 Å². The number of aromatic nitrogens is 2. The number of rotatable bonds is 4. The summed E-state index contributed by atoms with van der Waals surface area (Å²) < 4.78 is 4.94. The lowest BCUT2D eigenvalue weighted by Gasteiger charge is -2.03. The van der Waals surface area contributed by atoms with Crippen LogP contribution in [0.1, 0.15) is 11.5 Å². The Morgan fingerprint density at radius 3 is 2.85 bits per heavy atom. The summed E-state index contributed by atoms with van der Waals surface area (Å²) in [7, 11) is 1.61. The molecule has 1 heterocycles. The number of nitrogen functional groups attached to an aromatic ring is 1. The summed E-state index contributed by atoms with van der Waals surface area (Å²) in [5, 5.41) is 0. The number of nitrogens with zero attached hydrogens (tertiary/aromatic N) is 2. The van der Waals surface area contributed by atoms with E-state index >= 15 is 0 Å². The smallest absolute Gasteiger partial charge is 0.132 e. The van der Waals surface area contributed by atoms with Gasteiger partial charge >= 0.3 is 0 Å². The van der Waals surface area contributed by atoms with E-state index in [1.54, 1.807) is 13.2 Å². The summed E-state index contributed by atoms with van der Waals surface area (Å²) >= 11 is 0. The van der Waals surface area contributed by atoms with Gasteiger partial charge in [-0.3, -0.25) is 0 Å². The molecule has 5 heteroatoms. The van der Waals surface area contributed by atoms with E-state index in [1.807, 2.05) is 0 Å². The molecule has 0 saturated heterocycles. The monoisotopic (exact) mass is 182 g/mol. The molecule has 1 aromatic rings. The van der Waals surface area contributed by atoms with Crippen LogP contribution in [0.25, 0.3) is 0 Å². The fourth-order valence-corrected chi connectivity index (χ4v) is 1.04. The standard InChI is InChI=1S/C8H14N4O/c1-13-5-6-4-7(10)12-8(11-6)2-3-9/h4H,2-3,5,9H2,1H3,(H2,10,11,12). The van der Waals surface area contributed by atoms with E-state index in [2.05, 4.69) is 9.97 Å². The maximum absolute atomic E-state index is 5.57. The molecule has 0 atom stereocenters. The zero-order valence-electron chi connectivity index (χ0n) is 7.66. The van der Waals surface area contributed by atoms with Crippen LogP contribution < -0.4 is 11.5 Å². The number of nitrogens with two attached hydrogens (primary N) is 2. The predicted octanol–water partition coefficient (Wildman–Crippen LogP) is -0.294. The molecule has 1 aromatic heterocycles. The van der Waals surface area contributed by atoms with Gasteiger partial charge in [0.1, 0.15) is 11.6 Å². The Balaban J connectivity index is 2.83. The van der Waals surface area contributed by atoms with Gasteiger partial charge in [0, 0.05) is 19.6 Å². The summed E-state index contributed by atoms with van der Waals surface area (Å²) in [4.78, 5) is 8.25. The van der Waals surface area contributed by atoms with Crippen LogP contribution >= 0.6 is 0 Å². The minimum absolute atomic E-state index is 0.449. The van der Waals surface area contributed by atoms with Crippen molar-refractivity contribution in [3.8, 4) is 0 Å². The second-order valence-corrected chi connectivity index (χ2v) is 2.67. The predicted molar refractivity (Wildman–Crippen MR) is 49.9 cm³/mol. The van der Waals surface area contributed by atoms with Crippen molar-refractivity contribution in [2.75, 3.05) is 19.4 Å². The number of methoxy groups -OCH3 is 1. The highest BCUT2D eigenvalue weighted by Gasteiger charge is 2.01. The topological polar surface area (TPSA) is 87.0 Å². The first-order valence-corrected chi connectivity index (χ1v) is 4.07. The van der Waals surface area contributed by atoms with E-state index in [4.69, 9.17) is 16.2 Å². The molecule has 0 aromatic carbocycles. The second-order valence-electron chi connectivity index (χ2n) is 2.67. The highest BCUT2D eigenvalue weighted by Crippen LogP contribution is 2.04. The van der Waals surface area contributed by atoms with Crippen molar-refractivity contribution >= 4 is 5.82 Å². The quantitative estimate of drug-likeness (QED) is 0.668. The van der Waals surface area contributed by atoms with E-state index in [-0.39, 0.29) is 0 Å². The Morgan fingerprint density at radius 2 is 2.23 bits per heavy atom. The van der Waals surface area contributed by atoms with Crippen LogP contribution in [-0.2, 0) is 17.8 Å². The van der Waals surface area contributed by atoms with Gasteiger partial charge in [-0.15, -0.1) is 0 Å². The van der Waals surface area contributed by atoms with Gasteiger partial charge in [-0.25, -0.2) is 9.97 Å². The number of ether oxygens (including phenoxy) is 1. The fourth-order valence-electron chi connectivity index (χ4n) is 1.04. The first kappa shape index (κ1) is 9.88. The number of anilines is 1. The van der Waals surface area contributed by atoms with Crippen molar-refractivity contribution in [2.45, 2.75) is 13.0 Å². The Hall–Kier alpha value is -1.20. The molecule has 13 heavy (non-hydrogen) atoms. The number of hydrogen-bond acceptors (Lipinski definition) is 5. The molecule has 0 fully saturated rings. The third-order valence-corrected chi connectivity index (χ3v) is 1.51. The molecule has 0 bridgehead atoms. The van der Waals surface area contributed by atoms with Crippen molar-refractivity contribution in [3.63, 3.8) is 0 Å². The van der Waals surface area contributed by atoms with E-state index in [0.717, 1.165) is 5.69 Å². The zero-order chi connectivity index (χ0) is 9.68. The molecule has 0 saturated carbocycles. The van der Waals surface area contributed by atoms with Crippen LogP contribution in [0.2, 0.25) is 0 Å². The molecule has 0 aliphatic rings. The van der Waals surface area contributed by atoms with Gasteiger partial charge in [0.2, 0.25) is 0 Å². The first-order chi connectivity index (χ1) is 6.26. The molecule has 0 aliphatic carbocycles. The molecule has 0 radical (unpaired) electrons. The lowest BCUT2D eigenvalue weighted by molar-refractivity contribution is 0.181. The van der Waals surface area contributed by atoms with Gasteiger partial charge < -0.3 is 16.2 Å². The molecule has 0 spiro atoms. The average molecular weight is 182 g/mol. The summed E-state index contributed by atoms with van der Waals surface area (Å²) in [5.41, 5.74) is 11.7. The van der Waals surface area contributed by atoms with Crippen molar-refractivity contribution in [3.05, 3.63) is 17.6 Å². The molecule has 0 amide bonds. The van der Waals surface area contributed by atoms with Crippen molar-refractivity contribution in [2.24, 2.45) is 5.73 Å². The van der Waals surface area contributed by atoms with Gasteiger partial charge in [0.05, 0.1) is 12.3 Å². The van der Waals surface area contributed by atoms with Crippen LogP contribution in [0.4, 0.5) is 5.82 Å². The summed E-state index contributed by atoms with van der Waals surface area (Å²) in [6.45, 7) is 0.972. The van der Waals surface area contributed by atoms with Gasteiger partial charge in [-0.2, -0.15) is 0 Å². The average Bonchev–Trinajstić information content (AvgIpc) is 2.04. The van der Waals surface area contributed by atoms with Gasteiger partial charge in [0.15, 0.2) is 0 Å². The van der Waals surface area contributed by atoms with E-state index in [1.165, 1.54) is 0 Å². The number of hydrogen-bond donors (Lipinski definition) is 2. The maximum atomic E-state index is 5.57. The molecular weight excluding hydrogens is 168 g/mol. The van der Waals surface area contributed by atoms with Crippen molar-refractivity contribution in [1.82, 2.24) is 9.97 Å². The Labute approximate surface area is 77.1 Å². The molecule has 4 N–H and O–H groups in total. The van der Waals surface area contributed by atoms with Crippen molar-refractivity contribution in [1.29, 1.82) is 0 Å². The van der Waals surface area contributed by atoms with Crippen LogP contribution in [0.5, 0.6) is 0 Å². The largest absolute Gasteiger partial charge is 0.384 e. The third-order valence-electron chi connectivity index (χ3n) is 1.51. The SMILES string of the molecule is COCc1cc(N)nc(CCN)n1. The maximum Gasteiger partial charge on any atom is 0.132 e. The Kier molecular flexibility index (Phi) is 3.60. The van der Waals surface area contributed by atoms with Crippen LogP contribution in [0.3, 0.4) is 0 Å². The van der Waals surface area contributed by atoms with Crippen LogP contribution in [-0.4, -0.2) is 23.6 Å². The van der Waals surface area contributed by atoms with E-state index in [9.17, 15) is 0 Å². The van der Waals surface area contributed by atoms with Gasteiger partial charge in [0.25, 0.3) is 0 Å². The first-order valence-electron chi connectivity index (χ1n) is 4.07. The molecule has 0 aliphatic heterocycles. The van der Waals surface area contributed by atoms with Gasteiger partial charge in [-0.1, -0.05) is 0 Å². The van der Waals surface area contributed by atoms with E-state index in [0.29, 0.717) is 31.2 Å². The highest BCUT2D eigenvalue weighted by atomic mass is 16.5.